The Morgan fingerprint density at radius 1 is 0.812 bits per heavy atom. The van der Waals surface area contributed by atoms with Crippen LogP contribution in [0.2, 0.25) is 0 Å². The molecule has 0 aliphatic carbocycles. The number of ketones is 1. The Morgan fingerprint density at radius 2 is 1.56 bits per heavy atom. The van der Waals surface area contributed by atoms with Crippen LogP contribution in [0.1, 0.15) is 20.7 Å². The van der Waals surface area contributed by atoms with Crippen LogP contribution in [-0.2, 0) is 4.79 Å². The van der Waals surface area contributed by atoms with Crippen molar-refractivity contribution in [2.24, 2.45) is 0 Å². The number of para-hydroxylation sites is 1. The molecule has 32 heavy (non-hydrogen) atoms. The molecule has 0 saturated carbocycles. The molecule has 1 fully saturated rings. The molecular formula is C25H21N3O3S. The van der Waals surface area contributed by atoms with Crippen LogP contribution in [-0.4, -0.2) is 58.6 Å². The molecule has 0 bridgehead atoms. The topological polar surface area (TPSA) is 73.5 Å². The third-order valence-electron chi connectivity index (χ3n) is 5.82. The van der Waals surface area contributed by atoms with E-state index in [1.54, 1.807) is 39.5 Å². The van der Waals surface area contributed by atoms with Crippen molar-refractivity contribution in [3.8, 4) is 10.4 Å². The monoisotopic (exact) mass is 443 g/mol. The quantitative estimate of drug-likeness (QED) is 0.382. The van der Waals surface area contributed by atoms with E-state index in [2.05, 4.69) is 4.98 Å². The number of fused-ring (bicyclic) bond motifs is 1. The fourth-order valence-corrected chi connectivity index (χ4v) is 4.87. The summed E-state index contributed by atoms with van der Waals surface area (Å²) in [7, 11) is 0. The lowest BCUT2D eigenvalue weighted by molar-refractivity contribution is -0.127. The molecule has 4 aromatic rings. The van der Waals surface area contributed by atoms with E-state index < -0.39 is 11.7 Å². The average Bonchev–Trinajstić information content (AvgIpc) is 3.53. The van der Waals surface area contributed by atoms with Crippen LogP contribution < -0.4 is 0 Å². The molecule has 0 spiro atoms. The van der Waals surface area contributed by atoms with Crippen molar-refractivity contribution in [1.29, 1.82) is 0 Å². The van der Waals surface area contributed by atoms with E-state index in [-0.39, 0.29) is 5.91 Å². The number of carbonyl (C=O) groups excluding carboxylic acids is 3. The number of aromatic nitrogens is 1. The van der Waals surface area contributed by atoms with E-state index in [4.69, 9.17) is 0 Å². The molecule has 5 rings (SSSR count). The third kappa shape index (κ3) is 3.61. The van der Waals surface area contributed by atoms with Gasteiger partial charge in [-0.05, 0) is 23.6 Å². The Balaban J connectivity index is 1.31. The zero-order valence-electron chi connectivity index (χ0n) is 17.3. The number of Topliss-reactive ketones (excluding diaryl/α,β-unsaturated/α-hetero) is 1. The predicted octanol–water partition coefficient (Wildman–Crippen LogP) is 4.06. The lowest BCUT2D eigenvalue weighted by atomic mass is 10.0. The lowest BCUT2D eigenvalue weighted by Gasteiger charge is -2.34. The number of nitrogens with one attached hydrogen (secondary N) is 1. The van der Waals surface area contributed by atoms with Crippen LogP contribution in [0.3, 0.4) is 0 Å². The van der Waals surface area contributed by atoms with E-state index in [1.807, 2.05) is 53.9 Å². The molecule has 1 aliphatic heterocycles. The average molecular weight is 444 g/mol. The van der Waals surface area contributed by atoms with Gasteiger partial charge in [-0.15, -0.1) is 11.3 Å². The Hall–Kier alpha value is -3.71. The summed E-state index contributed by atoms with van der Waals surface area (Å²) in [4.78, 5) is 46.2. The molecule has 1 saturated heterocycles. The molecule has 7 heteroatoms. The van der Waals surface area contributed by atoms with Gasteiger partial charge in [0, 0.05) is 53.8 Å². The van der Waals surface area contributed by atoms with Gasteiger partial charge < -0.3 is 14.8 Å². The normalized spacial score (nSPS) is 14.0. The first kappa shape index (κ1) is 20.2. The number of amides is 2. The summed E-state index contributed by atoms with van der Waals surface area (Å²) in [6, 6.07) is 18.9. The highest BCUT2D eigenvalue weighted by atomic mass is 32.1. The van der Waals surface area contributed by atoms with Crippen molar-refractivity contribution in [3.05, 3.63) is 83.4 Å². The van der Waals surface area contributed by atoms with Crippen molar-refractivity contribution in [2.75, 3.05) is 26.2 Å². The number of H-pyrrole nitrogens is 1. The zero-order valence-corrected chi connectivity index (χ0v) is 18.1. The zero-order chi connectivity index (χ0) is 22.1. The Morgan fingerprint density at radius 3 is 2.28 bits per heavy atom. The van der Waals surface area contributed by atoms with Crippen molar-refractivity contribution >= 4 is 39.8 Å². The highest BCUT2D eigenvalue weighted by Crippen LogP contribution is 2.32. The first-order valence-corrected chi connectivity index (χ1v) is 11.3. The SMILES string of the molecule is O=C(C(=O)N1CCN(C(=O)c2ccccc2)CC1)c1c[nH]c2c(-c3cccs3)cccc12. The number of hydrogen-bond acceptors (Lipinski definition) is 4. The number of hydrogen-bond donors (Lipinski definition) is 1. The minimum absolute atomic E-state index is 0.0539. The maximum atomic E-state index is 13.1. The molecule has 6 nitrogen and oxygen atoms in total. The molecular weight excluding hydrogens is 422 g/mol. The largest absolute Gasteiger partial charge is 0.360 e. The van der Waals surface area contributed by atoms with Gasteiger partial charge in [0.05, 0.1) is 11.1 Å². The molecule has 2 aromatic heterocycles. The lowest BCUT2D eigenvalue weighted by Crippen LogP contribution is -2.52. The van der Waals surface area contributed by atoms with Gasteiger partial charge in [0.1, 0.15) is 0 Å². The van der Waals surface area contributed by atoms with Crippen LogP contribution >= 0.6 is 11.3 Å². The van der Waals surface area contributed by atoms with Crippen molar-refractivity contribution in [2.45, 2.75) is 0 Å². The Bertz CT molecular complexity index is 1290. The second-order valence-corrected chi connectivity index (χ2v) is 8.64. The second-order valence-electron chi connectivity index (χ2n) is 7.69. The van der Waals surface area contributed by atoms with Gasteiger partial charge in [-0.3, -0.25) is 14.4 Å². The van der Waals surface area contributed by atoms with E-state index in [9.17, 15) is 14.4 Å². The molecule has 0 atom stereocenters. The molecule has 2 amide bonds. The molecule has 2 aromatic carbocycles. The summed E-state index contributed by atoms with van der Waals surface area (Å²) >= 11 is 1.63. The summed E-state index contributed by atoms with van der Waals surface area (Å²) < 4.78 is 0. The number of carbonyl (C=O) groups is 3. The minimum Gasteiger partial charge on any atom is -0.360 e. The number of nitrogens with zero attached hydrogens (tertiary/aromatic N) is 2. The second kappa shape index (κ2) is 8.43. The first-order valence-electron chi connectivity index (χ1n) is 10.5. The van der Waals surface area contributed by atoms with Crippen LogP contribution in [0, 0.1) is 0 Å². The summed E-state index contributed by atoms with van der Waals surface area (Å²) in [5.41, 5.74) is 2.87. The summed E-state index contributed by atoms with van der Waals surface area (Å²) in [5.74, 6) is -1.11. The summed E-state index contributed by atoms with van der Waals surface area (Å²) in [5, 5.41) is 2.75. The highest BCUT2D eigenvalue weighted by Gasteiger charge is 2.30. The van der Waals surface area contributed by atoms with Crippen molar-refractivity contribution in [3.63, 3.8) is 0 Å². The van der Waals surface area contributed by atoms with Gasteiger partial charge in [0.2, 0.25) is 0 Å². The first-order chi connectivity index (χ1) is 15.6. The Labute approximate surface area is 189 Å². The predicted molar refractivity (Wildman–Crippen MR) is 125 cm³/mol. The molecule has 1 N–H and O–H groups in total. The van der Waals surface area contributed by atoms with E-state index in [0.29, 0.717) is 37.3 Å². The van der Waals surface area contributed by atoms with Crippen LogP contribution in [0.15, 0.2) is 72.2 Å². The number of piperazine rings is 1. The highest BCUT2D eigenvalue weighted by molar-refractivity contribution is 7.13. The van der Waals surface area contributed by atoms with Gasteiger partial charge in [0.15, 0.2) is 0 Å². The fraction of sp³-hybridized carbons (Fsp3) is 0.160. The Kier molecular flexibility index (Phi) is 5.33. The smallest absolute Gasteiger partial charge is 0.295 e. The van der Waals surface area contributed by atoms with Crippen LogP contribution in [0.5, 0.6) is 0 Å². The molecule has 160 valence electrons. The molecule has 0 radical (unpaired) electrons. The number of rotatable bonds is 4. The van der Waals surface area contributed by atoms with Gasteiger partial charge in [-0.25, -0.2) is 0 Å². The number of thiophene rings is 1. The number of aromatic amines is 1. The van der Waals surface area contributed by atoms with Crippen LogP contribution in [0.4, 0.5) is 0 Å². The van der Waals surface area contributed by atoms with Crippen molar-refractivity contribution < 1.29 is 14.4 Å². The van der Waals surface area contributed by atoms with E-state index in [1.165, 1.54) is 0 Å². The van der Waals surface area contributed by atoms with E-state index in [0.717, 1.165) is 21.3 Å². The van der Waals surface area contributed by atoms with Gasteiger partial charge >= 0.3 is 0 Å². The third-order valence-corrected chi connectivity index (χ3v) is 6.72. The standard InChI is InChI=1S/C25H21N3O3S/c29-23(20-16-26-22-18(20)8-4-9-19(22)21-10-5-15-32-21)25(31)28-13-11-27(12-14-28)24(30)17-6-2-1-3-7-17/h1-10,15-16,26H,11-14H2. The van der Waals surface area contributed by atoms with E-state index >= 15 is 0 Å². The van der Waals surface area contributed by atoms with Gasteiger partial charge in [-0.1, -0.05) is 42.5 Å². The van der Waals surface area contributed by atoms with Gasteiger partial charge in [-0.2, -0.15) is 0 Å². The molecule has 1 aliphatic rings. The minimum atomic E-state index is -0.528. The van der Waals surface area contributed by atoms with Crippen LogP contribution in [0.25, 0.3) is 21.3 Å². The van der Waals surface area contributed by atoms with Gasteiger partial charge in [0.25, 0.3) is 17.6 Å². The maximum Gasteiger partial charge on any atom is 0.295 e. The fourth-order valence-electron chi connectivity index (χ4n) is 4.11. The van der Waals surface area contributed by atoms with Crippen molar-refractivity contribution in [1.82, 2.24) is 14.8 Å². The summed E-state index contributed by atoms with van der Waals surface area (Å²) in [6.45, 7) is 1.49. The summed E-state index contributed by atoms with van der Waals surface area (Å²) in [6.07, 6.45) is 1.62. The number of benzene rings is 2. The maximum absolute atomic E-state index is 13.1. The molecule has 0 unspecified atom stereocenters. The molecule has 3 heterocycles.